The van der Waals surface area contributed by atoms with E-state index in [0.717, 1.165) is 17.5 Å². The third-order valence-corrected chi connectivity index (χ3v) is 4.80. The van der Waals surface area contributed by atoms with E-state index in [1.54, 1.807) is 12.1 Å². The number of carbonyl (C=O) groups is 1. The summed E-state index contributed by atoms with van der Waals surface area (Å²) in [7, 11) is 1.43. The maximum atomic E-state index is 14.0. The SMILES string of the molecule is COc1cc([N+](=O)[O-])ccc1-n1c(C)cc(/C=N\NC(=O)c2ccc(C#N)cc2F)c1C. The van der Waals surface area contributed by atoms with E-state index in [9.17, 15) is 19.3 Å². The Bertz CT molecular complexity index is 1290. The Labute approximate surface area is 182 Å². The Hall–Kier alpha value is -4.52. The number of ether oxygens (including phenoxy) is 1. The normalized spacial score (nSPS) is 10.7. The largest absolute Gasteiger partial charge is 0.494 e. The third kappa shape index (κ3) is 4.32. The first-order valence-corrected chi connectivity index (χ1v) is 9.31. The number of nitro benzene ring substituents is 1. The minimum atomic E-state index is -0.819. The number of nitriles is 1. The Morgan fingerprint density at radius 3 is 2.66 bits per heavy atom. The second-order valence-electron chi connectivity index (χ2n) is 6.78. The summed E-state index contributed by atoms with van der Waals surface area (Å²) in [6.07, 6.45) is 1.41. The van der Waals surface area contributed by atoms with Crippen LogP contribution in [0, 0.1) is 41.1 Å². The van der Waals surface area contributed by atoms with Crippen molar-refractivity contribution in [1.82, 2.24) is 9.99 Å². The standard InChI is InChI=1S/C22H18FN5O4/c1-13-8-16(12-25-26-22(29)18-6-4-15(11-24)9-19(18)23)14(2)27(13)20-7-5-17(28(30)31)10-21(20)32-3/h4-10,12H,1-3H3,(H,26,29)/b25-12-. The third-order valence-electron chi connectivity index (χ3n) is 4.80. The number of nitro groups is 1. The van der Waals surface area contributed by atoms with Gasteiger partial charge in [-0.15, -0.1) is 0 Å². The summed E-state index contributed by atoms with van der Waals surface area (Å²) >= 11 is 0. The van der Waals surface area contributed by atoms with Crippen molar-refractivity contribution in [3.63, 3.8) is 0 Å². The quantitative estimate of drug-likeness (QED) is 0.359. The zero-order valence-corrected chi connectivity index (χ0v) is 17.4. The predicted molar refractivity (Wildman–Crippen MR) is 115 cm³/mol. The van der Waals surface area contributed by atoms with Gasteiger partial charge in [-0.3, -0.25) is 14.9 Å². The second kappa shape index (κ2) is 9.09. The zero-order valence-electron chi connectivity index (χ0n) is 17.4. The molecule has 0 saturated heterocycles. The number of nitrogens with one attached hydrogen (secondary N) is 1. The van der Waals surface area contributed by atoms with Crippen LogP contribution in [0.25, 0.3) is 5.69 Å². The van der Waals surface area contributed by atoms with E-state index in [-0.39, 0.29) is 16.8 Å². The van der Waals surface area contributed by atoms with Crippen molar-refractivity contribution >= 4 is 17.8 Å². The highest BCUT2D eigenvalue weighted by molar-refractivity contribution is 5.95. The van der Waals surface area contributed by atoms with Crippen molar-refractivity contribution in [3.05, 3.63) is 86.5 Å². The molecule has 3 aromatic rings. The molecule has 9 nitrogen and oxygen atoms in total. The lowest BCUT2D eigenvalue weighted by molar-refractivity contribution is -0.384. The lowest BCUT2D eigenvalue weighted by Gasteiger charge is -2.13. The number of rotatable bonds is 6. The summed E-state index contributed by atoms with van der Waals surface area (Å²) < 4.78 is 21.1. The Balaban J connectivity index is 1.86. The lowest BCUT2D eigenvalue weighted by atomic mass is 10.1. The Morgan fingerprint density at radius 2 is 2.03 bits per heavy atom. The number of carbonyl (C=O) groups excluding carboxylic acids is 1. The van der Waals surface area contributed by atoms with Gasteiger partial charge in [-0.05, 0) is 44.2 Å². The maximum absolute atomic E-state index is 14.0. The number of benzene rings is 2. The van der Waals surface area contributed by atoms with Crippen LogP contribution in [0.2, 0.25) is 0 Å². The number of aryl methyl sites for hydroxylation is 1. The number of methoxy groups -OCH3 is 1. The molecule has 1 heterocycles. The Kier molecular flexibility index (Phi) is 6.30. The molecule has 3 rings (SSSR count). The van der Waals surface area contributed by atoms with Crippen LogP contribution in [0.4, 0.5) is 10.1 Å². The molecule has 1 aromatic heterocycles. The zero-order chi connectivity index (χ0) is 23.4. The highest BCUT2D eigenvalue weighted by Gasteiger charge is 2.17. The fourth-order valence-corrected chi connectivity index (χ4v) is 3.24. The summed E-state index contributed by atoms with van der Waals surface area (Å²) in [5.74, 6) is -1.25. The van der Waals surface area contributed by atoms with Gasteiger partial charge in [-0.1, -0.05) is 0 Å². The molecule has 0 aliphatic carbocycles. The lowest BCUT2D eigenvalue weighted by Crippen LogP contribution is -2.19. The first-order valence-electron chi connectivity index (χ1n) is 9.31. The van der Waals surface area contributed by atoms with Crippen LogP contribution >= 0.6 is 0 Å². The number of hydrogen-bond acceptors (Lipinski definition) is 6. The molecular weight excluding hydrogens is 417 g/mol. The number of amides is 1. The van der Waals surface area contributed by atoms with E-state index < -0.39 is 16.6 Å². The van der Waals surface area contributed by atoms with Gasteiger partial charge in [0.05, 0.1) is 47.2 Å². The smallest absolute Gasteiger partial charge is 0.274 e. The summed E-state index contributed by atoms with van der Waals surface area (Å²) in [4.78, 5) is 22.7. The molecule has 2 aromatic carbocycles. The molecular formula is C22H18FN5O4. The average molecular weight is 435 g/mol. The number of hydrogen-bond donors (Lipinski definition) is 1. The van der Waals surface area contributed by atoms with Crippen molar-refractivity contribution in [2.45, 2.75) is 13.8 Å². The summed E-state index contributed by atoms with van der Waals surface area (Å²) in [6, 6.07) is 11.5. The second-order valence-corrected chi connectivity index (χ2v) is 6.78. The Morgan fingerprint density at radius 1 is 1.28 bits per heavy atom. The molecule has 0 bridgehead atoms. The van der Waals surface area contributed by atoms with E-state index in [1.165, 1.54) is 37.6 Å². The van der Waals surface area contributed by atoms with Gasteiger partial charge in [-0.2, -0.15) is 10.4 Å². The molecule has 0 aliphatic rings. The average Bonchev–Trinajstić information content (AvgIpc) is 3.05. The number of hydrazone groups is 1. The molecule has 0 radical (unpaired) electrons. The molecule has 1 N–H and O–H groups in total. The number of aromatic nitrogens is 1. The van der Waals surface area contributed by atoms with Crippen molar-refractivity contribution in [2.24, 2.45) is 5.10 Å². The monoisotopic (exact) mass is 435 g/mol. The van der Waals surface area contributed by atoms with Crippen LogP contribution in [0.5, 0.6) is 5.75 Å². The van der Waals surface area contributed by atoms with Gasteiger partial charge in [0, 0.05) is 23.0 Å². The van der Waals surface area contributed by atoms with Crippen LogP contribution < -0.4 is 10.2 Å². The molecule has 0 spiro atoms. The topological polar surface area (TPSA) is 123 Å². The number of non-ortho nitro benzene ring substituents is 1. The van der Waals surface area contributed by atoms with E-state index in [1.807, 2.05) is 24.5 Å². The number of nitrogens with zero attached hydrogens (tertiary/aromatic N) is 4. The summed E-state index contributed by atoms with van der Waals surface area (Å²) in [6.45, 7) is 3.66. The molecule has 162 valence electrons. The minimum absolute atomic E-state index is 0.0902. The van der Waals surface area contributed by atoms with Crippen molar-refractivity contribution in [1.29, 1.82) is 5.26 Å². The van der Waals surface area contributed by atoms with Gasteiger partial charge in [0.15, 0.2) is 0 Å². The molecule has 10 heteroatoms. The van der Waals surface area contributed by atoms with Gasteiger partial charge in [0.25, 0.3) is 11.6 Å². The minimum Gasteiger partial charge on any atom is -0.494 e. The molecule has 0 aliphatic heterocycles. The van der Waals surface area contributed by atoms with Crippen LogP contribution in [-0.2, 0) is 0 Å². The number of halogens is 1. The van der Waals surface area contributed by atoms with Gasteiger partial charge in [-0.25, -0.2) is 9.82 Å². The van der Waals surface area contributed by atoms with E-state index in [0.29, 0.717) is 17.0 Å². The molecule has 0 saturated carbocycles. The van der Waals surface area contributed by atoms with Gasteiger partial charge in [0.1, 0.15) is 11.6 Å². The van der Waals surface area contributed by atoms with Crippen molar-refractivity contribution < 1.29 is 18.8 Å². The van der Waals surface area contributed by atoms with Crippen LogP contribution in [0.1, 0.15) is 32.9 Å². The molecule has 0 unspecified atom stereocenters. The maximum Gasteiger partial charge on any atom is 0.274 e. The summed E-state index contributed by atoms with van der Waals surface area (Å²) in [5, 5.41) is 23.7. The highest BCUT2D eigenvalue weighted by Crippen LogP contribution is 2.31. The van der Waals surface area contributed by atoms with Crippen molar-refractivity contribution in [2.75, 3.05) is 7.11 Å². The molecule has 1 amide bonds. The summed E-state index contributed by atoms with van der Waals surface area (Å²) in [5.41, 5.74) is 4.88. The van der Waals surface area contributed by atoms with Gasteiger partial charge < -0.3 is 9.30 Å². The van der Waals surface area contributed by atoms with Crippen LogP contribution in [0.15, 0.2) is 47.6 Å². The first kappa shape index (κ1) is 22.2. The first-order chi connectivity index (χ1) is 15.3. The van der Waals surface area contributed by atoms with E-state index >= 15 is 0 Å². The molecule has 0 atom stereocenters. The van der Waals surface area contributed by atoms with Crippen LogP contribution in [0.3, 0.4) is 0 Å². The highest BCUT2D eigenvalue weighted by atomic mass is 19.1. The van der Waals surface area contributed by atoms with Gasteiger partial charge in [0.2, 0.25) is 0 Å². The van der Waals surface area contributed by atoms with E-state index in [4.69, 9.17) is 10.00 Å². The molecule has 32 heavy (non-hydrogen) atoms. The molecule has 0 fully saturated rings. The van der Waals surface area contributed by atoms with Crippen molar-refractivity contribution in [3.8, 4) is 17.5 Å². The fourth-order valence-electron chi connectivity index (χ4n) is 3.24. The van der Waals surface area contributed by atoms with Gasteiger partial charge >= 0.3 is 0 Å². The fraction of sp³-hybridized carbons (Fsp3) is 0.136. The predicted octanol–water partition coefficient (Wildman–Crippen LogP) is 3.79. The van der Waals surface area contributed by atoms with E-state index in [2.05, 4.69) is 10.5 Å². The van der Waals surface area contributed by atoms with Crippen LogP contribution in [-0.4, -0.2) is 28.7 Å².